The molecule has 2 heterocycles. The lowest BCUT2D eigenvalue weighted by Gasteiger charge is -2.34. The average Bonchev–Trinajstić information content (AvgIpc) is 3.63. The Labute approximate surface area is 344 Å². The lowest BCUT2D eigenvalue weighted by Crippen LogP contribution is -2.28. The number of pyridine rings is 2. The van der Waals surface area contributed by atoms with E-state index in [9.17, 15) is 0 Å². The van der Waals surface area contributed by atoms with E-state index >= 15 is 0 Å². The lowest BCUT2D eigenvalue weighted by molar-refractivity contribution is 0.769. The van der Waals surface area contributed by atoms with Gasteiger partial charge in [-0.3, -0.25) is 4.98 Å². The molecule has 0 radical (unpaired) electrons. The molecule has 0 spiro atoms. The van der Waals surface area contributed by atoms with Gasteiger partial charge in [-0.05, 0) is 126 Å². The van der Waals surface area contributed by atoms with Gasteiger partial charge in [0.25, 0.3) is 0 Å². The van der Waals surface area contributed by atoms with Crippen molar-refractivity contribution in [3.05, 3.63) is 253 Å². The first-order chi connectivity index (χ1) is 29.3. The molecule has 0 amide bonds. The van der Waals surface area contributed by atoms with Crippen molar-refractivity contribution in [3.8, 4) is 67.0 Å². The van der Waals surface area contributed by atoms with Crippen LogP contribution < -0.4 is 0 Å². The Morgan fingerprint density at radius 2 is 0.797 bits per heavy atom. The molecule has 8 aromatic carbocycles. The molecule has 0 saturated carbocycles. The summed E-state index contributed by atoms with van der Waals surface area (Å²) < 4.78 is 0. The summed E-state index contributed by atoms with van der Waals surface area (Å²) in [4.78, 5) is 9.79. The van der Waals surface area contributed by atoms with Gasteiger partial charge < -0.3 is 0 Å². The molecule has 0 aliphatic heterocycles. The van der Waals surface area contributed by atoms with Gasteiger partial charge in [-0.2, -0.15) is 0 Å². The summed E-state index contributed by atoms with van der Waals surface area (Å²) >= 11 is 0. The fourth-order valence-electron chi connectivity index (χ4n) is 9.41. The summed E-state index contributed by atoms with van der Waals surface area (Å²) in [6.45, 7) is 0. The summed E-state index contributed by atoms with van der Waals surface area (Å²) in [6.07, 6.45) is 3.75. The van der Waals surface area contributed by atoms with Crippen molar-refractivity contribution >= 4 is 10.8 Å². The predicted octanol–water partition coefficient (Wildman–Crippen LogP) is 14.3. The topological polar surface area (TPSA) is 25.8 Å². The molecular weight excluding hydrogens is 713 g/mol. The van der Waals surface area contributed by atoms with Crippen molar-refractivity contribution in [2.75, 3.05) is 0 Å². The number of fused-ring (bicyclic) bond motifs is 5. The Morgan fingerprint density at radius 1 is 0.305 bits per heavy atom. The van der Waals surface area contributed by atoms with Crippen molar-refractivity contribution in [1.29, 1.82) is 0 Å². The number of nitrogens with zero attached hydrogens (tertiary/aromatic N) is 2. The fourth-order valence-corrected chi connectivity index (χ4v) is 9.41. The van der Waals surface area contributed by atoms with Crippen LogP contribution in [0.25, 0.3) is 77.8 Å². The third-order valence-corrected chi connectivity index (χ3v) is 12.0. The monoisotopic (exact) mass is 750 g/mol. The van der Waals surface area contributed by atoms with E-state index in [1.807, 2.05) is 12.4 Å². The highest BCUT2D eigenvalue weighted by Gasteiger charge is 2.47. The Balaban J connectivity index is 1.22. The molecule has 1 aliphatic rings. The molecule has 2 heteroatoms. The van der Waals surface area contributed by atoms with Gasteiger partial charge in [-0.15, -0.1) is 0 Å². The summed E-state index contributed by atoms with van der Waals surface area (Å²) in [5, 5.41) is 2.46. The van der Waals surface area contributed by atoms with Gasteiger partial charge in [0.2, 0.25) is 0 Å². The summed E-state index contributed by atoms with van der Waals surface area (Å²) in [6, 6.07) is 79.3. The highest BCUT2D eigenvalue weighted by atomic mass is 14.7. The van der Waals surface area contributed by atoms with E-state index in [4.69, 9.17) is 4.98 Å². The fraction of sp³-hybridized carbons (Fsp3) is 0.0175. The maximum Gasteiger partial charge on any atom is 0.0716 e. The second kappa shape index (κ2) is 14.4. The van der Waals surface area contributed by atoms with Gasteiger partial charge in [0.15, 0.2) is 0 Å². The number of aromatic nitrogens is 2. The van der Waals surface area contributed by atoms with E-state index in [0.717, 1.165) is 50.3 Å². The van der Waals surface area contributed by atoms with Crippen molar-refractivity contribution in [3.63, 3.8) is 0 Å². The zero-order valence-corrected chi connectivity index (χ0v) is 32.3. The summed E-state index contributed by atoms with van der Waals surface area (Å²) in [7, 11) is 0. The van der Waals surface area contributed by atoms with Crippen LogP contribution in [0.3, 0.4) is 0 Å². The molecule has 0 fully saturated rings. The molecule has 276 valence electrons. The van der Waals surface area contributed by atoms with E-state index in [0.29, 0.717) is 0 Å². The minimum Gasteiger partial charge on any atom is -0.265 e. The zero-order chi connectivity index (χ0) is 39.2. The van der Waals surface area contributed by atoms with Crippen LogP contribution in [0.1, 0.15) is 22.3 Å². The smallest absolute Gasteiger partial charge is 0.0716 e. The number of benzene rings is 8. The van der Waals surface area contributed by atoms with E-state index in [-0.39, 0.29) is 0 Å². The molecule has 0 bridgehead atoms. The minimum absolute atomic E-state index is 0.533. The van der Waals surface area contributed by atoms with Crippen LogP contribution in [0, 0.1) is 0 Å². The molecule has 59 heavy (non-hydrogen) atoms. The highest BCUT2D eigenvalue weighted by molar-refractivity contribution is 6.10. The van der Waals surface area contributed by atoms with E-state index in [2.05, 4.69) is 223 Å². The van der Waals surface area contributed by atoms with Gasteiger partial charge in [-0.1, -0.05) is 170 Å². The summed E-state index contributed by atoms with van der Waals surface area (Å²) in [5.74, 6) is 0. The van der Waals surface area contributed by atoms with Crippen molar-refractivity contribution in [1.82, 2.24) is 9.97 Å². The maximum atomic E-state index is 5.41. The quantitative estimate of drug-likeness (QED) is 0.162. The second-order valence-electron chi connectivity index (χ2n) is 15.3. The molecule has 0 unspecified atom stereocenters. The molecule has 0 N–H and O–H groups in total. The standard InChI is InChI=1S/C57H38N2/c1-5-17-39(18-6-1)43-36-54(41-19-7-2-8-20-41)59-55(37-43)45-34-42(40-29-31-58-32-30-40)33-44(35-45)51-38-53-56(49-26-14-13-25-48(49)51)50-27-15-16-28-52(50)57(53,46-21-9-3-10-22-46)47-23-11-4-12-24-47/h1-38H. The Hall–Kier alpha value is -7.68. The number of hydrogen-bond donors (Lipinski definition) is 0. The van der Waals surface area contributed by atoms with Crippen molar-refractivity contribution in [2.24, 2.45) is 0 Å². The SMILES string of the molecule is c1ccc(-c2cc(-c3ccccc3)nc(-c3cc(-c4ccncc4)cc(-c4cc5c(c6ccccc46)-c4ccccc4C5(c4ccccc4)c4ccccc4)c3)c2)cc1. The zero-order valence-electron chi connectivity index (χ0n) is 32.3. The normalized spacial score (nSPS) is 12.5. The highest BCUT2D eigenvalue weighted by Crippen LogP contribution is 2.59. The van der Waals surface area contributed by atoms with Crippen LogP contribution in [0.5, 0.6) is 0 Å². The van der Waals surface area contributed by atoms with Gasteiger partial charge in [0.05, 0.1) is 16.8 Å². The molecule has 11 rings (SSSR count). The Bertz CT molecular complexity index is 3030. The van der Waals surface area contributed by atoms with Crippen molar-refractivity contribution in [2.45, 2.75) is 5.41 Å². The first-order valence-electron chi connectivity index (χ1n) is 20.2. The van der Waals surface area contributed by atoms with Gasteiger partial charge in [0.1, 0.15) is 0 Å². The predicted molar refractivity (Wildman–Crippen MR) is 244 cm³/mol. The maximum absolute atomic E-state index is 5.41. The van der Waals surface area contributed by atoms with E-state index in [1.165, 1.54) is 49.7 Å². The molecule has 0 atom stereocenters. The van der Waals surface area contributed by atoms with Crippen LogP contribution >= 0.6 is 0 Å². The largest absolute Gasteiger partial charge is 0.265 e. The van der Waals surface area contributed by atoms with Gasteiger partial charge in [-0.25, -0.2) is 4.98 Å². The van der Waals surface area contributed by atoms with Crippen LogP contribution in [0.4, 0.5) is 0 Å². The second-order valence-corrected chi connectivity index (χ2v) is 15.3. The Morgan fingerprint density at radius 3 is 1.47 bits per heavy atom. The molecule has 2 nitrogen and oxygen atoms in total. The minimum atomic E-state index is -0.533. The summed E-state index contributed by atoms with van der Waals surface area (Å²) in [5.41, 5.74) is 17.9. The van der Waals surface area contributed by atoms with Gasteiger partial charge >= 0.3 is 0 Å². The first kappa shape index (κ1) is 34.6. The molecular formula is C57H38N2. The molecule has 0 saturated heterocycles. The Kier molecular flexibility index (Phi) is 8.41. The van der Waals surface area contributed by atoms with Crippen LogP contribution in [0.15, 0.2) is 231 Å². The van der Waals surface area contributed by atoms with Gasteiger partial charge in [0, 0.05) is 23.5 Å². The van der Waals surface area contributed by atoms with E-state index in [1.54, 1.807) is 0 Å². The lowest BCUT2D eigenvalue weighted by atomic mass is 9.67. The molecule has 10 aromatic rings. The van der Waals surface area contributed by atoms with E-state index < -0.39 is 5.41 Å². The van der Waals surface area contributed by atoms with Crippen LogP contribution in [-0.2, 0) is 5.41 Å². The first-order valence-corrected chi connectivity index (χ1v) is 20.2. The van der Waals surface area contributed by atoms with Crippen LogP contribution in [0.2, 0.25) is 0 Å². The van der Waals surface area contributed by atoms with Crippen LogP contribution in [-0.4, -0.2) is 9.97 Å². The molecule has 2 aromatic heterocycles. The number of rotatable bonds is 7. The average molecular weight is 751 g/mol. The third kappa shape index (κ3) is 5.80. The van der Waals surface area contributed by atoms with Crippen molar-refractivity contribution < 1.29 is 0 Å². The molecule has 1 aliphatic carbocycles. The number of hydrogen-bond acceptors (Lipinski definition) is 2. The third-order valence-electron chi connectivity index (χ3n) is 12.0.